The quantitative estimate of drug-likeness (QED) is 0.835. The van der Waals surface area contributed by atoms with Crippen molar-refractivity contribution in [3.8, 4) is 0 Å². The number of aryl methyl sites for hydroxylation is 2. The Bertz CT molecular complexity index is 621. The van der Waals surface area contributed by atoms with Gasteiger partial charge in [0.15, 0.2) is 0 Å². The van der Waals surface area contributed by atoms with Crippen LogP contribution < -0.4 is 5.32 Å². The summed E-state index contributed by atoms with van der Waals surface area (Å²) in [4.78, 5) is 15.2. The zero-order valence-electron chi connectivity index (χ0n) is 12.4. The van der Waals surface area contributed by atoms with Crippen LogP contribution in [0.5, 0.6) is 0 Å². The topological polar surface area (TPSA) is 62.2 Å². The average molecular weight is 284 g/mol. The number of pyridine rings is 1. The van der Waals surface area contributed by atoms with Crippen molar-refractivity contribution in [1.29, 1.82) is 0 Å². The lowest BCUT2D eigenvalue weighted by molar-refractivity contribution is 0.0697. The van der Waals surface area contributed by atoms with E-state index < -0.39 is 5.97 Å². The highest BCUT2D eigenvalue weighted by atomic mass is 16.4. The zero-order chi connectivity index (χ0) is 15.2. The number of hydrogen-bond acceptors (Lipinski definition) is 3. The van der Waals surface area contributed by atoms with E-state index in [1.165, 1.54) is 24.6 Å². The number of unbranched alkanes of at least 4 members (excludes halogenated alkanes) is 1. The normalized spacial score (nSPS) is 10.4. The Hall–Kier alpha value is -2.36. The number of anilines is 2. The van der Waals surface area contributed by atoms with Gasteiger partial charge in [0, 0.05) is 17.6 Å². The van der Waals surface area contributed by atoms with Crippen LogP contribution in [-0.2, 0) is 6.42 Å². The van der Waals surface area contributed by atoms with Crippen LogP contribution in [-0.4, -0.2) is 16.1 Å². The molecular formula is C17H20N2O2. The Kier molecular flexibility index (Phi) is 4.93. The molecule has 21 heavy (non-hydrogen) atoms. The Morgan fingerprint density at radius 3 is 2.62 bits per heavy atom. The van der Waals surface area contributed by atoms with Gasteiger partial charge in [-0.3, -0.25) is 4.98 Å². The molecule has 1 aromatic heterocycles. The van der Waals surface area contributed by atoms with Gasteiger partial charge in [0.25, 0.3) is 0 Å². The summed E-state index contributed by atoms with van der Waals surface area (Å²) in [5, 5.41) is 12.4. The smallest absolute Gasteiger partial charge is 0.339 e. The van der Waals surface area contributed by atoms with Crippen LogP contribution in [0.25, 0.3) is 0 Å². The second kappa shape index (κ2) is 6.88. The molecule has 2 N–H and O–H groups in total. The second-order valence-corrected chi connectivity index (χ2v) is 5.10. The van der Waals surface area contributed by atoms with E-state index in [1.54, 1.807) is 6.07 Å². The maximum Gasteiger partial charge on any atom is 0.339 e. The maximum atomic E-state index is 11.2. The van der Waals surface area contributed by atoms with Crippen molar-refractivity contribution in [1.82, 2.24) is 4.98 Å². The van der Waals surface area contributed by atoms with E-state index in [-0.39, 0.29) is 5.56 Å². The number of carboxylic acids is 1. The molecule has 0 fully saturated rings. The molecule has 0 spiro atoms. The highest BCUT2D eigenvalue weighted by Gasteiger charge is 2.11. The molecule has 0 radical (unpaired) electrons. The number of rotatable bonds is 6. The van der Waals surface area contributed by atoms with Crippen LogP contribution in [0.4, 0.5) is 11.4 Å². The Morgan fingerprint density at radius 1 is 1.29 bits per heavy atom. The van der Waals surface area contributed by atoms with E-state index in [2.05, 4.69) is 29.4 Å². The number of carbonyl (C=O) groups is 1. The van der Waals surface area contributed by atoms with E-state index in [0.717, 1.165) is 17.8 Å². The van der Waals surface area contributed by atoms with E-state index in [1.807, 2.05) is 19.1 Å². The summed E-state index contributed by atoms with van der Waals surface area (Å²) in [5.41, 5.74) is 3.70. The SMILES string of the molecule is CCCCc1ccc(Nc2cc(C)ncc2C(=O)O)cc1. The van der Waals surface area contributed by atoms with E-state index in [0.29, 0.717) is 5.69 Å². The van der Waals surface area contributed by atoms with Gasteiger partial charge in [-0.1, -0.05) is 25.5 Å². The largest absolute Gasteiger partial charge is 0.478 e. The van der Waals surface area contributed by atoms with Crippen molar-refractivity contribution in [3.63, 3.8) is 0 Å². The van der Waals surface area contributed by atoms with Gasteiger partial charge in [-0.15, -0.1) is 0 Å². The molecule has 0 unspecified atom stereocenters. The number of aromatic carboxylic acids is 1. The first-order chi connectivity index (χ1) is 10.1. The van der Waals surface area contributed by atoms with Crippen LogP contribution in [0.1, 0.15) is 41.4 Å². The van der Waals surface area contributed by atoms with Crippen molar-refractivity contribution in [2.75, 3.05) is 5.32 Å². The van der Waals surface area contributed by atoms with E-state index in [9.17, 15) is 9.90 Å². The highest BCUT2D eigenvalue weighted by molar-refractivity contribution is 5.94. The molecular weight excluding hydrogens is 264 g/mol. The first-order valence-electron chi connectivity index (χ1n) is 7.16. The molecule has 0 aliphatic heterocycles. The van der Waals surface area contributed by atoms with Crippen molar-refractivity contribution in [3.05, 3.63) is 53.3 Å². The number of aromatic nitrogens is 1. The van der Waals surface area contributed by atoms with Crippen LogP contribution in [0.2, 0.25) is 0 Å². The number of benzene rings is 1. The van der Waals surface area contributed by atoms with E-state index >= 15 is 0 Å². The third-order valence-electron chi connectivity index (χ3n) is 3.32. The molecule has 4 heteroatoms. The molecule has 110 valence electrons. The molecule has 2 rings (SSSR count). The summed E-state index contributed by atoms with van der Waals surface area (Å²) in [6, 6.07) is 9.85. The predicted molar refractivity (Wildman–Crippen MR) is 84.3 cm³/mol. The fraction of sp³-hybridized carbons (Fsp3) is 0.294. The van der Waals surface area contributed by atoms with Crippen molar-refractivity contribution in [2.24, 2.45) is 0 Å². The van der Waals surface area contributed by atoms with Crippen LogP contribution in [0.3, 0.4) is 0 Å². The number of nitrogens with one attached hydrogen (secondary N) is 1. The first kappa shape index (κ1) is 15.0. The molecule has 4 nitrogen and oxygen atoms in total. The van der Waals surface area contributed by atoms with Gasteiger partial charge >= 0.3 is 5.97 Å². The molecule has 0 saturated carbocycles. The van der Waals surface area contributed by atoms with Gasteiger partial charge in [0.2, 0.25) is 0 Å². The van der Waals surface area contributed by atoms with Gasteiger partial charge in [-0.2, -0.15) is 0 Å². The van der Waals surface area contributed by atoms with Gasteiger partial charge in [-0.25, -0.2) is 4.79 Å². The summed E-state index contributed by atoms with van der Waals surface area (Å²) in [6.07, 6.45) is 4.82. The molecule has 2 aromatic rings. The summed E-state index contributed by atoms with van der Waals surface area (Å²) >= 11 is 0. The first-order valence-corrected chi connectivity index (χ1v) is 7.16. The molecule has 0 aliphatic carbocycles. The van der Waals surface area contributed by atoms with Gasteiger partial charge < -0.3 is 10.4 Å². The summed E-state index contributed by atoms with van der Waals surface area (Å²) in [7, 11) is 0. The fourth-order valence-corrected chi connectivity index (χ4v) is 2.12. The second-order valence-electron chi connectivity index (χ2n) is 5.10. The van der Waals surface area contributed by atoms with Gasteiger partial charge in [0.05, 0.1) is 5.69 Å². The number of carboxylic acid groups (broad SMARTS) is 1. The monoisotopic (exact) mass is 284 g/mol. The lowest BCUT2D eigenvalue weighted by Gasteiger charge is -2.11. The van der Waals surface area contributed by atoms with Crippen LogP contribution >= 0.6 is 0 Å². The van der Waals surface area contributed by atoms with Gasteiger partial charge in [-0.05, 0) is 43.5 Å². The summed E-state index contributed by atoms with van der Waals surface area (Å²) < 4.78 is 0. The number of nitrogens with zero attached hydrogens (tertiary/aromatic N) is 1. The fourth-order valence-electron chi connectivity index (χ4n) is 2.12. The minimum atomic E-state index is -0.982. The molecule has 0 bridgehead atoms. The molecule has 0 aliphatic rings. The minimum Gasteiger partial charge on any atom is -0.478 e. The van der Waals surface area contributed by atoms with E-state index in [4.69, 9.17) is 0 Å². The minimum absolute atomic E-state index is 0.177. The Balaban J connectivity index is 2.18. The van der Waals surface area contributed by atoms with Crippen molar-refractivity contribution in [2.45, 2.75) is 33.1 Å². The average Bonchev–Trinajstić information content (AvgIpc) is 2.46. The van der Waals surface area contributed by atoms with Crippen molar-refractivity contribution < 1.29 is 9.90 Å². The lowest BCUT2D eigenvalue weighted by atomic mass is 10.1. The Labute approximate surface area is 124 Å². The lowest BCUT2D eigenvalue weighted by Crippen LogP contribution is -2.04. The summed E-state index contributed by atoms with van der Waals surface area (Å²) in [5.74, 6) is -0.982. The number of hydrogen-bond donors (Lipinski definition) is 2. The zero-order valence-corrected chi connectivity index (χ0v) is 12.4. The standard InChI is InChI=1S/C17H20N2O2/c1-3-4-5-13-6-8-14(9-7-13)19-16-10-12(2)18-11-15(16)17(20)21/h6-11H,3-5H2,1-2H3,(H,18,19)(H,20,21). The molecule has 1 aromatic carbocycles. The molecule has 0 saturated heterocycles. The molecule has 0 amide bonds. The van der Waals surface area contributed by atoms with Crippen molar-refractivity contribution >= 4 is 17.3 Å². The predicted octanol–water partition coefficient (Wildman–Crippen LogP) is 4.17. The van der Waals surface area contributed by atoms with Crippen LogP contribution in [0, 0.1) is 6.92 Å². The maximum absolute atomic E-state index is 11.2. The third-order valence-corrected chi connectivity index (χ3v) is 3.32. The third kappa shape index (κ3) is 4.05. The van der Waals surface area contributed by atoms with Crippen LogP contribution in [0.15, 0.2) is 36.5 Å². The molecule has 0 atom stereocenters. The molecule has 1 heterocycles. The summed E-state index contributed by atoms with van der Waals surface area (Å²) in [6.45, 7) is 4.01. The Morgan fingerprint density at radius 2 is 2.00 bits per heavy atom. The highest BCUT2D eigenvalue weighted by Crippen LogP contribution is 2.22. The van der Waals surface area contributed by atoms with Gasteiger partial charge in [0.1, 0.15) is 5.56 Å².